The van der Waals surface area contributed by atoms with E-state index in [-0.39, 0.29) is 54.2 Å². The van der Waals surface area contributed by atoms with Gasteiger partial charge in [0.05, 0.1) is 6.10 Å². The van der Waals surface area contributed by atoms with Crippen LogP contribution in [0.2, 0.25) is 0 Å². The molecule has 0 saturated carbocycles. The van der Waals surface area contributed by atoms with E-state index in [0.29, 0.717) is 18.4 Å². The number of hydrogen-bond acceptors (Lipinski definition) is 4. The van der Waals surface area contributed by atoms with E-state index >= 15 is 0 Å². The lowest BCUT2D eigenvalue weighted by Gasteiger charge is -2.44. The molecule has 202 valence electrons. The fourth-order valence-electron chi connectivity index (χ4n) is 7.24. The van der Waals surface area contributed by atoms with Crippen molar-refractivity contribution in [2.24, 2.45) is 29.1 Å². The van der Waals surface area contributed by atoms with E-state index in [1.54, 1.807) is 0 Å². The maximum Gasteiger partial charge on any atom is 0.235 e. The first-order chi connectivity index (χ1) is 18.1. The number of H-pyrrole nitrogens is 1. The van der Waals surface area contributed by atoms with E-state index in [1.807, 2.05) is 37.4 Å². The van der Waals surface area contributed by atoms with E-state index in [4.69, 9.17) is 0 Å². The van der Waals surface area contributed by atoms with Crippen molar-refractivity contribution in [3.05, 3.63) is 71.5 Å². The summed E-state index contributed by atoms with van der Waals surface area (Å²) in [5.41, 5.74) is 2.84. The molecule has 8 atom stereocenters. The Kier molecular flexibility index (Phi) is 7.23. The molecule has 1 saturated heterocycles. The summed E-state index contributed by atoms with van der Waals surface area (Å²) in [7, 11) is 0. The van der Waals surface area contributed by atoms with E-state index < -0.39 is 17.6 Å². The lowest BCUT2D eigenvalue weighted by atomic mass is 9.54. The Balaban J connectivity index is 1.57. The van der Waals surface area contributed by atoms with Crippen molar-refractivity contribution in [1.29, 1.82) is 0 Å². The average molecular weight is 517 g/mol. The molecule has 1 aromatic heterocycles. The number of aromatic nitrogens is 1. The molecule has 5 rings (SSSR count). The molecule has 38 heavy (non-hydrogen) atoms. The maximum absolute atomic E-state index is 14.2. The summed E-state index contributed by atoms with van der Waals surface area (Å²) in [5, 5.41) is 25.8. The van der Waals surface area contributed by atoms with Crippen LogP contribution in [0.15, 0.2) is 65.9 Å². The van der Waals surface area contributed by atoms with E-state index in [0.717, 1.165) is 16.5 Å². The van der Waals surface area contributed by atoms with Crippen LogP contribution in [0, 0.1) is 29.1 Å². The highest BCUT2D eigenvalue weighted by Gasteiger charge is 2.65. The second kappa shape index (κ2) is 10.3. The molecule has 1 spiro atoms. The number of amides is 1. The Morgan fingerprint density at radius 3 is 2.61 bits per heavy atom. The molecule has 1 aliphatic heterocycles. The summed E-state index contributed by atoms with van der Waals surface area (Å²) in [6, 6.07) is 7.94. The van der Waals surface area contributed by atoms with Crippen molar-refractivity contribution in [1.82, 2.24) is 10.3 Å². The normalized spacial score (nSPS) is 38.5. The predicted octanol–water partition coefficient (Wildman–Crippen LogP) is 4.64. The molecule has 0 radical (unpaired) electrons. The maximum atomic E-state index is 14.2. The highest BCUT2D eigenvalue weighted by Crippen LogP contribution is 2.55. The number of rotatable bonds is 2. The largest absolute Gasteiger partial charge is 0.390 e. The second-order valence-electron chi connectivity index (χ2n) is 11.8. The highest BCUT2D eigenvalue weighted by atomic mass is 16.3. The van der Waals surface area contributed by atoms with Gasteiger partial charge in [-0.1, -0.05) is 61.9 Å². The van der Waals surface area contributed by atoms with Gasteiger partial charge in [-0.2, -0.15) is 0 Å². The molecule has 1 fully saturated rings. The summed E-state index contributed by atoms with van der Waals surface area (Å²) in [6.45, 7) is 8.12. The smallest absolute Gasteiger partial charge is 0.235 e. The molecule has 3 aliphatic rings. The van der Waals surface area contributed by atoms with Gasteiger partial charge < -0.3 is 20.5 Å². The molecular formula is C32H40N2O4. The fraction of sp³-hybridized carbons (Fsp3) is 0.500. The van der Waals surface area contributed by atoms with Crippen LogP contribution < -0.4 is 5.32 Å². The van der Waals surface area contributed by atoms with Crippen molar-refractivity contribution in [2.45, 2.75) is 71.6 Å². The van der Waals surface area contributed by atoms with Gasteiger partial charge in [0.1, 0.15) is 17.3 Å². The van der Waals surface area contributed by atoms with Crippen molar-refractivity contribution in [2.75, 3.05) is 0 Å². The molecule has 1 aromatic carbocycles. The minimum atomic E-state index is -1.24. The number of carbonyl (C=O) groups excluding carboxylic acids is 2. The van der Waals surface area contributed by atoms with Gasteiger partial charge >= 0.3 is 0 Å². The number of allylic oxidation sites excluding steroid dienone is 5. The van der Waals surface area contributed by atoms with Crippen molar-refractivity contribution in [3.63, 3.8) is 0 Å². The van der Waals surface area contributed by atoms with Crippen LogP contribution in [0.25, 0.3) is 10.9 Å². The number of aliphatic hydroxyl groups is 2. The molecule has 0 unspecified atom stereocenters. The quantitative estimate of drug-likeness (QED) is 0.345. The van der Waals surface area contributed by atoms with Crippen LogP contribution in [0.5, 0.6) is 0 Å². The number of aliphatic hydroxyl groups excluding tert-OH is 2. The third kappa shape index (κ3) is 4.38. The van der Waals surface area contributed by atoms with Gasteiger partial charge in [0.15, 0.2) is 0 Å². The van der Waals surface area contributed by atoms with Crippen molar-refractivity contribution in [3.8, 4) is 0 Å². The number of ketones is 1. The highest BCUT2D eigenvalue weighted by molar-refractivity contribution is 6.09. The van der Waals surface area contributed by atoms with Crippen molar-refractivity contribution >= 4 is 22.6 Å². The number of Topliss-reactive ketones (excluding diaryl/α,β-unsaturated/α-hetero) is 1. The van der Waals surface area contributed by atoms with Gasteiger partial charge in [0.25, 0.3) is 0 Å². The molecule has 6 heteroatoms. The van der Waals surface area contributed by atoms with Gasteiger partial charge in [-0.05, 0) is 62.1 Å². The van der Waals surface area contributed by atoms with Crippen LogP contribution in [0.1, 0.15) is 52.5 Å². The summed E-state index contributed by atoms with van der Waals surface area (Å²) in [6.07, 6.45) is 9.64. The van der Waals surface area contributed by atoms with E-state index in [9.17, 15) is 19.8 Å². The Morgan fingerprint density at radius 2 is 1.82 bits per heavy atom. The molecule has 4 N–H and O–H groups in total. The minimum absolute atomic E-state index is 0.0341. The molecule has 2 aliphatic carbocycles. The Bertz CT molecular complexity index is 1320. The third-order valence-electron chi connectivity index (χ3n) is 9.35. The summed E-state index contributed by atoms with van der Waals surface area (Å²) < 4.78 is 0. The van der Waals surface area contributed by atoms with Crippen LogP contribution in [0.3, 0.4) is 0 Å². The molecular weight excluding hydrogens is 476 g/mol. The lowest BCUT2D eigenvalue weighted by molar-refractivity contribution is -0.145. The van der Waals surface area contributed by atoms with Crippen LogP contribution in [-0.4, -0.2) is 45.1 Å². The van der Waals surface area contributed by atoms with Crippen LogP contribution in [-0.2, 0) is 16.0 Å². The molecule has 2 aromatic rings. The predicted molar refractivity (Wildman–Crippen MR) is 149 cm³/mol. The Labute approximate surface area is 224 Å². The lowest BCUT2D eigenvalue weighted by Crippen LogP contribution is -2.52. The van der Waals surface area contributed by atoms with Gasteiger partial charge in [-0.3, -0.25) is 9.59 Å². The molecule has 6 nitrogen and oxygen atoms in total. The van der Waals surface area contributed by atoms with Gasteiger partial charge in [-0.25, -0.2) is 0 Å². The number of fused-ring (bicyclic) bond motifs is 1. The van der Waals surface area contributed by atoms with Gasteiger partial charge in [0.2, 0.25) is 5.91 Å². The first-order valence-electron chi connectivity index (χ1n) is 13.9. The zero-order valence-electron chi connectivity index (χ0n) is 22.8. The first kappa shape index (κ1) is 26.6. The monoisotopic (exact) mass is 516 g/mol. The van der Waals surface area contributed by atoms with Crippen LogP contribution in [0.4, 0.5) is 0 Å². The SMILES string of the molecule is CC1=C[C@@H]2/C=C\C[C@H](C)/C=C(/C)[C@@H](O)[C@@H](O)CCC(=O)[C@]23C(=O)N[C@@H](Cc2c[nH]c4ccccc24)[C@@H]3[C@@H]1C. The summed E-state index contributed by atoms with van der Waals surface area (Å²) >= 11 is 0. The first-order valence-corrected chi connectivity index (χ1v) is 13.9. The van der Waals surface area contributed by atoms with Gasteiger partial charge in [0, 0.05) is 41.4 Å². The number of hydrogen-bond donors (Lipinski definition) is 4. The summed E-state index contributed by atoms with van der Waals surface area (Å²) in [5.74, 6) is -0.756. The second-order valence-corrected chi connectivity index (χ2v) is 11.8. The van der Waals surface area contributed by atoms with Crippen molar-refractivity contribution < 1.29 is 19.8 Å². The Morgan fingerprint density at radius 1 is 1.05 bits per heavy atom. The number of nitrogens with one attached hydrogen (secondary N) is 2. The van der Waals surface area contributed by atoms with Crippen LogP contribution >= 0.6 is 0 Å². The average Bonchev–Trinajstić information content (AvgIpc) is 3.43. The number of para-hydroxylation sites is 1. The zero-order valence-corrected chi connectivity index (χ0v) is 22.8. The summed E-state index contributed by atoms with van der Waals surface area (Å²) in [4.78, 5) is 31.6. The van der Waals surface area contributed by atoms with E-state index in [1.165, 1.54) is 5.57 Å². The number of aromatic amines is 1. The standard InChI is InChI=1S/C32H40N2O4/c1-18-8-7-9-23-15-19(2)21(4)29-26(16-22-17-33-25-11-6-5-10-24(22)25)34-31(38)32(23,29)28(36)13-12-27(35)30(37)20(3)14-18/h5-7,9-11,14-15,17-18,21,23,26-27,29-30,33,35,37H,8,12-13,16H2,1-4H3,(H,34,38)/b9-7-,20-14-/t18-,21+,23-,26-,27-,29-,30+,32+/m0/s1. The third-order valence-corrected chi connectivity index (χ3v) is 9.35. The molecule has 0 bridgehead atoms. The molecule has 2 heterocycles. The van der Waals surface area contributed by atoms with E-state index in [2.05, 4.69) is 55.4 Å². The Hall–Kier alpha value is -2.96. The number of benzene rings is 1. The molecule has 1 amide bonds. The number of carbonyl (C=O) groups is 2. The minimum Gasteiger partial charge on any atom is -0.390 e. The zero-order chi connectivity index (χ0) is 27.2. The topological polar surface area (TPSA) is 102 Å². The fourth-order valence-corrected chi connectivity index (χ4v) is 7.24. The van der Waals surface area contributed by atoms with Gasteiger partial charge in [-0.15, -0.1) is 0 Å².